The van der Waals surface area contributed by atoms with Crippen molar-refractivity contribution in [1.82, 2.24) is 9.97 Å². The summed E-state index contributed by atoms with van der Waals surface area (Å²) < 4.78 is 0.499. The lowest BCUT2D eigenvalue weighted by molar-refractivity contribution is 0.814. The SMILES string of the molecule is CC1SCCSC1c1nc(-c2ccccc2)c(Br)c(=O)[nH]1. The number of hydrogen-bond donors (Lipinski definition) is 1. The first-order valence-electron chi connectivity index (χ1n) is 6.75. The molecular formula is C15H15BrN2OS2. The Hall–Kier alpha value is -0.720. The van der Waals surface area contributed by atoms with Crippen LogP contribution in [-0.2, 0) is 0 Å². The van der Waals surface area contributed by atoms with Crippen LogP contribution in [0, 0.1) is 0 Å². The average Bonchev–Trinajstić information content (AvgIpc) is 2.51. The van der Waals surface area contributed by atoms with Gasteiger partial charge in [0.05, 0.1) is 10.9 Å². The van der Waals surface area contributed by atoms with Crippen LogP contribution in [0.2, 0.25) is 0 Å². The van der Waals surface area contributed by atoms with Gasteiger partial charge in [-0.15, -0.1) is 11.8 Å². The molecule has 1 aliphatic rings. The second-order valence-corrected chi connectivity index (χ2v) is 8.37. The van der Waals surface area contributed by atoms with Crippen LogP contribution in [0.25, 0.3) is 11.3 Å². The van der Waals surface area contributed by atoms with Gasteiger partial charge in [0.25, 0.3) is 5.56 Å². The summed E-state index contributed by atoms with van der Waals surface area (Å²) >= 11 is 7.18. The largest absolute Gasteiger partial charge is 0.309 e. The molecule has 3 rings (SSSR count). The summed E-state index contributed by atoms with van der Waals surface area (Å²) in [6.45, 7) is 2.20. The third kappa shape index (κ3) is 3.22. The maximum Gasteiger partial charge on any atom is 0.265 e. The molecule has 110 valence electrons. The van der Waals surface area contributed by atoms with E-state index in [1.807, 2.05) is 53.9 Å². The van der Waals surface area contributed by atoms with E-state index in [1.54, 1.807) is 0 Å². The van der Waals surface area contributed by atoms with Crippen LogP contribution in [0.5, 0.6) is 0 Å². The van der Waals surface area contributed by atoms with Gasteiger partial charge in [-0.25, -0.2) is 4.98 Å². The summed E-state index contributed by atoms with van der Waals surface area (Å²) in [5.74, 6) is 3.04. The first-order chi connectivity index (χ1) is 10.2. The Morgan fingerprint density at radius 1 is 1.24 bits per heavy atom. The second kappa shape index (κ2) is 6.58. The molecule has 1 aliphatic heterocycles. The molecule has 6 heteroatoms. The van der Waals surface area contributed by atoms with Crippen molar-refractivity contribution in [3.8, 4) is 11.3 Å². The van der Waals surface area contributed by atoms with Crippen molar-refractivity contribution in [3.05, 3.63) is 51.0 Å². The van der Waals surface area contributed by atoms with Gasteiger partial charge in [0.2, 0.25) is 0 Å². The number of nitrogens with zero attached hydrogens (tertiary/aromatic N) is 1. The molecule has 0 bridgehead atoms. The van der Waals surface area contributed by atoms with Crippen LogP contribution >= 0.6 is 39.5 Å². The van der Waals surface area contributed by atoms with Gasteiger partial charge in [-0.3, -0.25) is 4.79 Å². The number of benzene rings is 1. The molecule has 0 amide bonds. The molecule has 0 aliphatic carbocycles. The summed E-state index contributed by atoms with van der Waals surface area (Å²) in [4.78, 5) is 19.9. The summed E-state index contributed by atoms with van der Waals surface area (Å²) in [6.07, 6.45) is 0. The average molecular weight is 383 g/mol. The molecule has 0 saturated carbocycles. The van der Waals surface area contributed by atoms with Gasteiger partial charge < -0.3 is 4.98 Å². The van der Waals surface area contributed by atoms with Crippen LogP contribution in [-0.4, -0.2) is 26.7 Å². The maximum atomic E-state index is 12.2. The number of aromatic amines is 1. The molecule has 1 aromatic heterocycles. The monoisotopic (exact) mass is 382 g/mol. The molecule has 2 atom stereocenters. The van der Waals surface area contributed by atoms with Crippen molar-refractivity contribution in [2.75, 3.05) is 11.5 Å². The third-order valence-corrected chi connectivity index (χ3v) is 7.22. The topological polar surface area (TPSA) is 45.8 Å². The van der Waals surface area contributed by atoms with Crippen LogP contribution in [0.1, 0.15) is 18.0 Å². The van der Waals surface area contributed by atoms with Crippen LogP contribution in [0.3, 0.4) is 0 Å². The Morgan fingerprint density at radius 2 is 1.95 bits per heavy atom. The zero-order valence-electron chi connectivity index (χ0n) is 11.5. The Balaban J connectivity index is 2.08. The first-order valence-corrected chi connectivity index (χ1v) is 9.64. The predicted octanol–water partition coefficient (Wildman–Crippen LogP) is 4.11. The van der Waals surface area contributed by atoms with E-state index < -0.39 is 0 Å². The highest BCUT2D eigenvalue weighted by atomic mass is 79.9. The quantitative estimate of drug-likeness (QED) is 0.848. The zero-order chi connectivity index (χ0) is 14.8. The Labute approximate surface area is 140 Å². The summed E-state index contributed by atoms with van der Waals surface area (Å²) in [5.41, 5.74) is 1.57. The number of rotatable bonds is 2. The lowest BCUT2D eigenvalue weighted by atomic mass is 10.1. The molecule has 21 heavy (non-hydrogen) atoms. The lowest BCUT2D eigenvalue weighted by Gasteiger charge is -2.27. The van der Waals surface area contributed by atoms with E-state index in [1.165, 1.54) is 0 Å². The first kappa shape index (κ1) is 15.2. The molecule has 1 saturated heterocycles. The molecule has 0 radical (unpaired) electrons. The standard InChI is InChI=1S/C15H15BrN2OS2/c1-9-13(21-8-7-20-9)14-17-12(11(16)15(19)18-14)10-5-3-2-4-6-10/h2-6,9,13H,7-8H2,1H3,(H,17,18,19). The van der Waals surface area contributed by atoms with Gasteiger partial charge in [0.15, 0.2) is 0 Å². The number of halogens is 1. The second-order valence-electron chi connectivity index (χ2n) is 4.85. The number of hydrogen-bond acceptors (Lipinski definition) is 4. The minimum Gasteiger partial charge on any atom is -0.309 e. The van der Waals surface area contributed by atoms with E-state index >= 15 is 0 Å². The Morgan fingerprint density at radius 3 is 2.67 bits per heavy atom. The minimum atomic E-state index is -0.109. The molecular weight excluding hydrogens is 368 g/mol. The van der Waals surface area contributed by atoms with E-state index in [2.05, 4.69) is 27.8 Å². The van der Waals surface area contributed by atoms with E-state index in [-0.39, 0.29) is 10.8 Å². The van der Waals surface area contributed by atoms with Gasteiger partial charge in [-0.2, -0.15) is 11.8 Å². The Bertz CT molecular complexity index is 690. The number of H-pyrrole nitrogens is 1. The smallest absolute Gasteiger partial charge is 0.265 e. The molecule has 2 heterocycles. The molecule has 1 aromatic carbocycles. The minimum absolute atomic E-state index is 0.109. The lowest BCUT2D eigenvalue weighted by Crippen LogP contribution is -2.22. The molecule has 1 fully saturated rings. The van der Waals surface area contributed by atoms with E-state index in [0.717, 1.165) is 28.6 Å². The fraction of sp³-hybridized carbons (Fsp3) is 0.333. The van der Waals surface area contributed by atoms with Crippen molar-refractivity contribution >= 4 is 39.5 Å². The van der Waals surface area contributed by atoms with Crippen molar-refractivity contribution in [1.29, 1.82) is 0 Å². The summed E-state index contributed by atoms with van der Waals surface area (Å²) in [7, 11) is 0. The molecule has 2 unspecified atom stereocenters. The third-order valence-electron chi connectivity index (χ3n) is 3.39. The van der Waals surface area contributed by atoms with Crippen molar-refractivity contribution < 1.29 is 0 Å². The van der Waals surface area contributed by atoms with Crippen LogP contribution < -0.4 is 5.56 Å². The van der Waals surface area contributed by atoms with Gasteiger partial charge in [0, 0.05) is 22.3 Å². The van der Waals surface area contributed by atoms with E-state index in [9.17, 15) is 4.79 Å². The highest BCUT2D eigenvalue weighted by Crippen LogP contribution is 2.41. The van der Waals surface area contributed by atoms with E-state index in [4.69, 9.17) is 4.98 Å². The van der Waals surface area contributed by atoms with Gasteiger partial charge in [-0.05, 0) is 15.9 Å². The Kier molecular flexibility index (Phi) is 4.76. The zero-order valence-corrected chi connectivity index (χ0v) is 14.7. The highest BCUT2D eigenvalue weighted by Gasteiger charge is 2.27. The highest BCUT2D eigenvalue weighted by molar-refractivity contribution is 9.10. The van der Waals surface area contributed by atoms with Crippen molar-refractivity contribution in [2.24, 2.45) is 0 Å². The molecule has 3 nitrogen and oxygen atoms in total. The molecule has 2 aromatic rings. The van der Waals surface area contributed by atoms with Gasteiger partial charge >= 0.3 is 0 Å². The van der Waals surface area contributed by atoms with Crippen molar-refractivity contribution in [3.63, 3.8) is 0 Å². The van der Waals surface area contributed by atoms with Crippen molar-refractivity contribution in [2.45, 2.75) is 17.4 Å². The van der Waals surface area contributed by atoms with Crippen LogP contribution in [0.15, 0.2) is 39.6 Å². The summed E-state index contributed by atoms with van der Waals surface area (Å²) in [6, 6.07) is 9.82. The molecule has 1 N–H and O–H groups in total. The van der Waals surface area contributed by atoms with Gasteiger partial charge in [0.1, 0.15) is 10.3 Å². The normalized spacial score (nSPS) is 22.2. The fourth-order valence-corrected chi connectivity index (χ4v) is 5.46. The number of thioether (sulfide) groups is 2. The van der Waals surface area contributed by atoms with E-state index in [0.29, 0.717) is 9.72 Å². The number of nitrogens with one attached hydrogen (secondary N) is 1. The summed E-state index contributed by atoms with van der Waals surface area (Å²) in [5, 5.41) is 0.698. The molecule has 0 spiro atoms. The fourth-order valence-electron chi connectivity index (χ4n) is 2.33. The number of aromatic nitrogens is 2. The van der Waals surface area contributed by atoms with Crippen LogP contribution in [0.4, 0.5) is 0 Å². The van der Waals surface area contributed by atoms with Gasteiger partial charge in [-0.1, -0.05) is 37.3 Å². The predicted molar refractivity (Wildman–Crippen MR) is 95.1 cm³/mol. The maximum absolute atomic E-state index is 12.2.